The Balaban J connectivity index is 2.08. The van der Waals surface area contributed by atoms with Gasteiger partial charge in [-0.1, -0.05) is 55.5 Å². The lowest BCUT2D eigenvalue weighted by Gasteiger charge is -2.12. The first-order valence-electron chi connectivity index (χ1n) is 8.21. The monoisotopic (exact) mass is 325 g/mol. The number of ketones is 1. The number of benzene rings is 2. The van der Waals surface area contributed by atoms with Crippen LogP contribution in [-0.2, 0) is 0 Å². The molecule has 0 unspecified atom stereocenters. The summed E-state index contributed by atoms with van der Waals surface area (Å²) in [6.45, 7) is 2.71. The molecule has 2 N–H and O–H groups in total. The fourth-order valence-electron chi connectivity index (χ4n) is 2.52. The summed E-state index contributed by atoms with van der Waals surface area (Å²) in [6.07, 6.45) is 1.51. The highest BCUT2D eigenvalue weighted by Crippen LogP contribution is 2.15. The van der Waals surface area contributed by atoms with Crippen molar-refractivity contribution in [3.8, 4) is 0 Å². The smallest absolute Gasteiger partial charge is 0.252 e. The van der Waals surface area contributed by atoms with E-state index in [-0.39, 0.29) is 18.3 Å². The predicted molar refractivity (Wildman–Crippen MR) is 94.1 cm³/mol. The first kappa shape index (κ1) is 17.9. The second-order valence-corrected chi connectivity index (χ2v) is 5.90. The molecule has 0 fully saturated rings. The molecule has 0 aliphatic rings. The van der Waals surface area contributed by atoms with E-state index in [9.17, 15) is 9.59 Å². The van der Waals surface area contributed by atoms with E-state index in [1.54, 1.807) is 48.5 Å². The zero-order valence-corrected chi connectivity index (χ0v) is 13.9. The van der Waals surface area contributed by atoms with E-state index in [0.717, 1.165) is 12.8 Å². The molecule has 0 bridgehead atoms. The second kappa shape index (κ2) is 8.99. The Morgan fingerprint density at radius 2 is 1.58 bits per heavy atom. The molecule has 126 valence electrons. The van der Waals surface area contributed by atoms with Crippen molar-refractivity contribution in [3.63, 3.8) is 0 Å². The molecule has 0 aliphatic carbocycles. The number of hydrogen-bond acceptors (Lipinski definition) is 3. The molecule has 0 aromatic heterocycles. The largest absolute Gasteiger partial charge is 0.396 e. The van der Waals surface area contributed by atoms with Crippen LogP contribution in [0.3, 0.4) is 0 Å². The average Bonchev–Trinajstić information content (AvgIpc) is 2.62. The second-order valence-electron chi connectivity index (χ2n) is 5.90. The predicted octanol–water partition coefficient (Wildman–Crippen LogP) is 3.06. The number of aliphatic hydroxyl groups excluding tert-OH is 1. The van der Waals surface area contributed by atoms with Crippen LogP contribution >= 0.6 is 0 Å². The van der Waals surface area contributed by atoms with Gasteiger partial charge in [0.05, 0.1) is 5.56 Å². The molecule has 2 rings (SSSR count). The lowest BCUT2D eigenvalue weighted by atomic mass is 9.98. The highest BCUT2D eigenvalue weighted by molar-refractivity contribution is 6.15. The van der Waals surface area contributed by atoms with E-state index in [2.05, 4.69) is 5.32 Å². The Kier molecular flexibility index (Phi) is 6.70. The molecule has 0 saturated heterocycles. The molecule has 0 aliphatic heterocycles. The number of rotatable bonds is 8. The summed E-state index contributed by atoms with van der Waals surface area (Å²) < 4.78 is 0. The molecule has 1 amide bonds. The van der Waals surface area contributed by atoms with Crippen LogP contribution in [0.5, 0.6) is 0 Å². The molecule has 2 aromatic carbocycles. The van der Waals surface area contributed by atoms with Gasteiger partial charge in [-0.15, -0.1) is 0 Å². The van der Waals surface area contributed by atoms with Crippen molar-refractivity contribution in [1.82, 2.24) is 5.32 Å². The van der Waals surface area contributed by atoms with Gasteiger partial charge in [0.1, 0.15) is 0 Å². The van der Waals surface area contributed by atoms with Crippen molar-refractivity contribution < 1.29 is 14.7 Å². The SMILES string of the molecule is C[C@H](CCO)CCNC(=O)c1ccccc1C(=O)c1ccccc1. The Hall–Kier alpha value is -2.46. The van der Waals surface area contributed by atoms with Crippen LogP contribution in [0, 0.1) is 5.92 Å². The van der Waals surface area contributed by atoms with Gasteiger partial charge in [0.15, 0.2) is 5.78 Å². The Morgan fingerprint density at radius 3 is 2.25 bits per heavy atom. The van der Waals surface area contributed by atoms with Crippen molar-refractivity contribution in [1.29, 1.82) is 0 Å². The maximum absolute atomic E-state index is 12.6. The lowest BCUT2D eigenvalue weighted by molar-refractivity contribution is 0.0940. The maximum Gasteiger partial charge on any atom is 0.252 e. The van der Waals surface area contributed by atoms with Gasteiger partial charge in [-0.05, 0) is 24.8 Å². The van der Waals surface area contributed by atoms with Crippen LogP contribution < -0.4 is 5.32 Å². The molecule has 0 heterocycles. The highest BCUT2D eigenvalue weighted by atomic mass is 16.3. The van der Waals surface area contributed by atoms with Gasteiger partial charge in [0.25, 0.3) is 5.91 Å². The van der Waals surface area contributed by atoms with Crippen molar-refractivity contribution in [2.45, 2.75) is 19.8 Å². The number of nitrogens with one attached hydrogen (secondary N) is 1. The molecule has 0 saturated carbocycles. The van der Waals surface area contributed by atoms with Gasteiger partial charge in [-0.25, -0.2) is 0 Å². The van der Waals surface area contributed by atoms with E-state index >= 15 is 0 Å². The number of aliphatic hydroxyl groups is 1. The Labute approximate surface area is 142 Å². The number of carbonyl (C=O) groups excluding carboxylic acids is 2. The average molecular weight is 325 g/mol. The van der Waals surface area contributed by atoms with Crippen LogP contribution in [0.4, 0.5) is 0 Å². The molecule has 0 radical (unpaired) electrons. The van der Waals surface area contributed by atoms with Crippen LogP contribution in [0.25, 0.3) is 0 Å². The van der Waals surface area contributed by atoms with E-state index in [4.69, 9.17) is 5.11 Å². The first-order valence-corrected chi connectivity index (χ1v) is 8.21. The van der Waals surface area contributed by atoms with E-state index < -0.39 is 0 Å². The van der Waals surface area contributed by atoms with Crippen molar-refractivity contribution in [2.75, 3.05) is 13.2 Å². The van der Waals surface area contributed by atoms with Gasteiger partial charge in [-0.3, -0.25) is 9.59 Å². The minimum atomic E-state index is -0.244. The van der Waals surface area contributed by atoms with Gasteiger partial charge >= 0.3 is 0 Å². The van der Waals surface area contributed by atoms with Gasteiger partial charge < -0.3 is 10.4 Å². The van der Waals surface area contributed by atoms with Crippen LogP contribution in [-0.4, -0.2) is 29.9 Å². The first-order chi connectivity index (χ1) is 11.6. The number of hydrogen-bond donors (Lipinski definition) is 2. The molecule has 2 aromatic rings. The molecular formula is C20H23NO3. The zero-order chi connectivity index (χ0) is 17.4. The third kappa shape index (κ3) is 4.77. The summed E-state index contributed by atoms with van der Waals surface area (Å²) in [4.78, 5) is 25.1. The molecule has 0 spiro atoms. The summed E-state index contributed by atoms with van der Waals surface area (Å²) in [5.74, 6) is -0.0578. The Bertz CT molecular complexity index is 682. The highest BCUT2D eigenvalue weighted by Gasteiger charge is 2.17. The van der Waals surface area contributed by atoms with Gasteiger partial charge in [0, 0.05) is 24.3 Å². The fraction of sp³-hybridized carbons (Fsp3) is 0.300. The van der Waals surface area contributed by atoms with E-state index in [1.807, 2.05) is 13.0 Å². The molecular weight excluding hydrogens is 302 g/mol. The number of amides is 1. The minimum Gasteiger partial charge on any atom is -0.396 e. The third-order valence-electron chi connectivity index (χ3n) is 4.00. The zero-order valence-electron chi connectivity index (χ0n) is 13.9. The number of carbonyl (C=O) groups is 2. The van der Waals surface area contributed by atoms with Gasteiger partial charge in [0.2, 0.25) is 0 Å². The normalized spacial score (nSPS) is 11.8. The third-order valence-corrected chi connectivity index (χ3v) is 4.00. The maximum atomic E-state index is 12.6. The quantitative estimate of drug-likeness (QED) is 0.733. The van der Waals surface area contributed by atoms with Crippen LogP contribution in [0.1, 0.15) is 46.0 Å². The standard InChI is InChI=1S/C20H23NO3/c1-15(12-14-22)11-13-21-20(24)18-10-6-5-9-17(18)19(23)16-7-3-2-4-8-16/h2-10,15,22H,11-14H2,1H3,(H,21,24)/t15-/m0/s1. The van der Waals surface area contributed by atoms with Crippen molar-refractivity contribution in [2.24, 2.45) is 5.92 Å². The lowest BCUT2D eigenvalue weighted by Crippen LogP contribution is -2.27. The van der Waals surface area contributed by atoms with Crippen molar-refractivity contribution >= 4 is 11.7 Å². The molecule has 4 nitrogen and oxygen atoms in total. The topological polar surface area (TPSA) is 66.4 Å². The van der Waals surface area contributed by atoms with Crippen LogP contribution in [0.15, 0.2) is 54.6 Å². The van der Waals surface area contributed by atoms with Crippen LogP contribution in [0.2, 0.25) is 0 Å². The summed E-state index contributed by atoms with van der Waals surface area (Å²) in [5, 5.41) is 11.8. The van der Waals surface area contributed by atoms with Crippen molar-refractivity contribution in [3.05, 3.63) is 71.3 Å². The molecule has 4 heteroatoms. The molecule has 1 atom stereocenters. The van der Waals surface area contributed by atoms with E-state index in [0.29, 0.717) is 29.2 Å². The summed E-state index contributed by atoms with van der Waals surface area (Å²) in [7, 11) is 0. The minimum absolute atomic E-state index is 0.156. The summed E-state index contributed by atoms with van der Waals surface area (Å²) >= 11 is 0. The van der Waals surface area contributed by atoms with Gasteiger partial charge in [-0.2, -0.15) is 0 Å². The summed E-state index contributed by atoms with van der Waals surface area (Å²) in [6, 6.07) is 15.8. The fourth-order valence-corrected chi connectivity index (χ4v) is 2.52. The van der Waals surface area contributed by atoms with E-state index in [1.165, 1.54) is 0 Å². The summed E-state index contributed by atoms with van der Waals surface area (Å²) in [5.41, 5.74) is 1.36. The molecule has 24 heavy (non-hydrogen) atoms. The Morgan fingerprint density at radius 1 is 0.958 bits per heavy atom.